The lowest BCUT2D eigenvalue weighted by Gasteiger charge is -2.13. The molecule has 1 aromatic rings. The first-order valence-corrected chi connectivity index (χ1v) is 5.41. The molecule has 0 aromatic carbocycles. The zero-order valence-electron chi connectivity index (χ0n) is 8.69. The molecule has 82 valence electrons. The Balaban J connectivity index is 2.48. The van der Waals surface area contributed by atoms with Crippen LogP contribution >= 0.6 is 11.3 Å². The number of nitrogens with zero attached hydrogens (tertiary/aromatic N) is 1. The Morgan fingerprint density at radius 3 is 2.67 bits per heavy atom. The molecular weight excluding hydrogens is 214 g/mol. The van der Waals surface area contributed by atoms with Gasteiger partial charge < -0.3 is 10.0 Å². The van der Waals surface area contributed by atoms with E-state index in [1.807, 2.05) is 18.4 Å². The van der Waals surface area contributed by atoms with Crippen LogP contribution in [0.3, 0.4) is 0 Å². The van der Waals surface area contributed by atoms with Crippen molar-refractivity contribution in [1.29, 1.82) is 0 Å². The molecule has 1 N–H and O–H groups in total. The monoisotopic (exact) mass is 227 g/mol. The van der Waals surface area contributed by atoms with Crippen LogP contribution in [0.25, 0.3) is 0 Å². The Kier molecular flexibility index (Phi) is 3.85. The van der Waals surface area contributed by atoms with Crippen molar-refractivity contribution >= 4 is 23.2 Å². The van der Waals surface area contributed by atoms with Gasteiger partial charge in [0.15, 0.2) is 0 Å². The summed E-state index contributed by atoms with van der Waals surface area (Å²) in [4.78, 5) is 23.8. The van der Waals surface area contributed by atoms with E-state index in [-0.39, 0.29) is 0 Å². The largest absolute Gasteiger partial charge is 0.474 e. The topological polar surface area (TPSA) is 57.6 Å². The second-order valence-electron chi connectivity index (χ2n) is 3.31. The normalized spacial score (nSPS) is 10.0. The SMILES string of the molecule is Cc1ccsc1CCN(C)C(=O)C(=O)O. The highest BCUT2D eigenvalue weighted by molar-refractivity contribution is 7.10. The number of hydrogen-bond donors (Lipinski definition) is 1. The molecule has 0 fully saturated rings. The summed E-state index contributed by atoms with van der Waals surface area (Å²) in [5, 5.41) is 10.5. The first kappa shape index (κ1) is 11.7. The van der Waals surface area contributed by atoms with Crippen LogP contribution in [0.2, 0.25) is 0 Å². The highest BCUT2D eigenvalue weighted by atomic mass is 32.1. The predicted octanol–water partition coefficient (Wildman–Crippen LogP) is 1.14. The zero-order chi connectivity index (χ0) is 11.4. The fourth-order valence-corrected chi connectivity index (χ4v) is 2.09. The molecule has 0 radical (unpaired) electrons. The van der Waals surface area contributed by atoms with Crippen molar-refractivity contribution in [2.75, 3.05) is 13.6 Å². The number of likely N-dealkylation sites (N-methyl/N-ethyl adjacent to an activating group) is 1. The van der Waals surface area contributed by atoms with Crippen LogP contribution in [0.15, 0.2) is 11.4 Å². The third-order valence-electron chi connectivity index (χ3n) is 2.17. The summed E-state index contributed by atoms with van der Waals surface area (Å²) in [6.45, 7) is 2.44. The van der Waals surface area contributed by atoms with Gasteiger partial charge in [0.05, 0.1) is 0 Å². The van der Waals surface area contributed by atoms with Crippen LogP contribution in [0.4, 0.5) is 0 Å². The number of aryl methyl sites for hydroxylation is 1. The van der Waals surface area contributed by atoms with Gasteiger partial charge in [-0.05, 0) is 30.4 Å². The minimum absolute atomic E-state index is 0.437. The van der Waals surface area contributed by atoms with Gasteiger partial charge in [-0.2, -0.15) is 0 Å². The average molecular weight is 227 g/mol. The lowest BCUT2D eigenvalue weighted by molar-refractivity contribution is -0.155. The van der Waals surface area contributed by atoms with Gasteiger partial charge in [-0.1, -0.05) is 0 Å². The number of carbonyl (C=O) groups excluding carboxylic acids is 1. The second kappa shape index (κ2) is 4.93. The summed E-state index contributed by atoms with van der Waals surface area (Å²) >= 11 is 1.63. The number of amides is 1. The number of carboxylic acids is 1. The molecule has 4 nitrogen and oxygen atoms in total. The molecule has 0 spiro atoms. The van der Waals surface area contributed by atoms with Gasteiger partial charge in [0.1, 0.15) is 0 Å². The summed E-state index contributed by atoms with van der Waals surface area (Å²) in [7, 11) is 1.50. The molecule has 0 aliphatic carbocycles. The van der Waals surface area contributed by atoms with Gasteiger partial charge in [0.25, 0.3) is 0 Å². The highest BCUT2D eigenvalue weighted by Crippen LogP contribution is 2.16. The molecule has 1 aromatic heterocycles. The van der Waals surface area contributed by atoms with E-state index < -0.39 is 11.9 Å². The summed E-state index contributed by atoms with van der Waals surface area (Å²) in [6.07, 6.45) is 0.707. The number of rotatable bonds is 3. The number of hydrogen-bond acceptors (Lipinski definition) is 3. The maximum Gasteiger partial charge on any atom is 0.394 e. The quantitative estimate of drug-likeness (QED) is 0.788. The standard InChI is InChI=1S/C10H13NO3S/c1-7-4-6-15-8(7)3-5-11(2)9(12)10(13)14/h4,6H,3,5H2,1-2H3,(H,13,14). The van der Waals surface area contributed by atoms with Gasteiger partial charge in [-0.15, -0.1) is 11.3 Å². The van der Waals surface area contributed by atoms with Crippen LogP contribution in [0, 0.1) is 6.92 Å². The van der Waals surface area contributed by atoms with E-state index in [2.05, 4.69) is 0 Å². The molecular formula is C10H13NO3S. The second-order valence-corrected chi connectivity index (χ2v) is 4.31. The zero-order valence-corrected chi connectivity index (χ0v) is 9.50. The van der Waals surface area contributed by atoms with Crippen LogP contribution in [0.5, 0.6) is 0 Å². The Morgan fingerprint density at radius 2 is 2.20 bits per heavy atom. The van der Waals surface area contributed by atoms with E-state index in [1.165, 1.54) is 22.4 Å². The first-order chi connectivity index (χ1) is 7.02. The molecule has 1 amide bonds. The van der Waals surface area contributed by atoms with Crippen molar-refractivity contribution < 1.29 is 14.7 Å². The highest BCUT2D eigenvalue weighted by Gasteiger charge is 2.16. The molecule has 0 aliphatic heterocycles. The third-order valence-corrected chi connectivity index (χ3v) is 3.25. The van der Waals surface area contributed by atoms with Crippen LogP contribution < -0.4 is 0 Å². The maximum atomic E-state index is 11.0. The van der Waals surface area contributed by atoms with Gasteiger partial charge in [-0.3, -0.25) is 4.79 Å². The Labute approximate surface area is 92.1 Å². The third kappa shape index (κ3) is 3.06. The summed E-state index contributed by atoms with van der Waals surface area (Å²) in [5.74, 6) is -2.26. The first-order valence-electron chi connectivity index (χ1n) is 4.53. The minimum Gasteiger partial charge on any atom is -0.474 e. The molecule has 0 saturated carbocycles. The number of thiophene rings is 1. The van der Waals surface area contributed by atoms with E-state index in [1.54, 1.807) is 11.3 Å². The fourth-order valence-electron chi connectivity index (χ4n) is 1.19. The maximum absolute atomic E-state index is 11.0. The van der Waals surface area contributed by atoms with Gasteiger partial charge in [-0.25, -0.2) is 4.79 Å². The number of aliphatic carboxylic acids is 1. The predicted molar refractivity (Wildman–Crippen MR) is 58.0 cm³/mol. The molecule has 5 heteroatoms. The van der Waals surface area contributed by atoms with Crippen molar-refractivity contribution in [2.24, 2.45) is 0 Å². The summed E-state index contributed by atoms with van der Waals surface area (Å²) < 4.78 is 0. The smallest absolute Gasteiger partial charge is 0.394 e. The molecule has 0 unspecified atom stereocenters. The molecule has 0 aliphatic rings. The Bertz CT molecular complexity index is 372. The summed E-state index contributed by atoms with van der Waals surface area (Å²) in [5.41, 5.74) is 1.19. The van der Waals surface area contributed by atoms with Crippen molar-refractivity contribution in [3.05, 3.63) is 21.9 Å². The van der Waals surface area contributed by atoms with E-state index in [0.29, 0.717) is 13.0 Å². The van der Waals surface area contributed by atoms with Gasteiger partial charge in [0.2, 0.25) is 0 Å². The number of carbonyl (C=O) groups is 2. The van der Waals surface area contributed by atoms with Gasteiger partial charge >= 0.3 is 11.9 Å². The lowest BCUT2D eigenvalue weighted by Crippen LogP contribution is -2.34. The van der Waals surface area contributed by atoms with Crippen molar-refractivity contribution in [2.45, 2.75) is 13.3 Å². The molecule has 1 heterocycles. The van der Waals surface area contributed by atoms with E-state index >= 15 is 0 Å². The van der Waals surface area contributed by atoms with Crippen molar-refractivity contribution in [3.63, 3.8) is 0 Å². The fraction of sp³-hybridized carbons (Fsp3) is 0.400. The molecule has 0 bridgehead atoms. The Hall–Kier alpha value is -1.36. The van der Waals surface area contributed by atoms with E-state index in [0.717, 1.165) is 0 Å². The van der Waals surface area contributed by atoms with E-state index in [9.17, 15) is 9.59 Å². The average Bonchev–Trinajstić information content (AvgIpc) is 2.59. The van der Waals surface area contributed by atoms with Crippen LogP contribution in [0.1, 0.15) is 10.4 Å². The van der Waals surface area contributed by atoms with Crippen molar-refractivity contribution in [3.8, 4) is 0 Å². The number of carboxylic acid groups (broad SMARTS) is 1. The minimum atomic E-state index is -1.40. The van der Waals surface area contributed by atoms with Crippen molar-refractivity contribution in [1.82, 2.24) is 4.90 Å². The molecule has 1 rings (SSSR count). The van der Waals surface area contributed by atoms with Crippen LogP contribution in [-0.2, 0) is 16.0 Å². The van der Waals surface area contributed by atoms with Crippen LogP contribution in [-0.4, -0.2) is 35.5 Å². The lowest BCUT2D eigenvalue weighted by atomic mass is 10.2. The Morgan fingerprint density at radius 1 is 1.53 bits per heavy atom. The molecule has 15 heavy (non-hydrogen) atoms. The molecule has 0 atom stereocenters. The molecule has 0 saturated heterocycles. The van der Waals surface area contributed by atoms with Gasteiger partial charge in [0, 0.05) is 18.5 Å². The summed E-state index contributed by atoms with van der Waals surface area (Å²) in [6, 6.07) is 2.01. The van der Waals surface area contributed by atoms with E-state index in [4.69, 9.17) is 5.11 Å².